The highest BCUT2D eigenvalue weighted by atomic mass is 35.5. The molecule has 5 heteroatoms. The van der Waals surface area contributed by atoms with Gasteiger partial charge in [-0.1, -0.05) is 51.6 Å². The van der Waals surface area contributed by atoms with Crippen LogP contribution in [-0.2, 0) is 5.41 Å². The van der Waals surface area contributed by atoms with Crippen molar-refractivity contribution < 1.29 is 9.90 Å². The number of hydrogen-bond donors (Lipinski definition) is 1. The van der Waals surface area contributed by atoms with Crippen LogP contribution in [0, 0.1) is 0 Å². The van der Waals surface area contributed by atoms with Gasteiger partial charge in [-0.3, -0.25) is 0 Å². The molecule has 1 aliphatic carbocycles. The molecule has 0 saturated heterocycles. The second-order valence-electron chi connectivity index (χ2n) is 6.31. The Morgan fingerprint density at radius 3 is 2.32 bits per heavy atom. The summed E-state index contributed by atoms with van der Waals surface area (Å²) in [7, 11) is 0. The van der Waals surface area contributed by atoms with E-state index < -0.39 is 5.97 Å². The van der Waals surface area contributed by atoms with Crippen LogP contribution in [0.25, 0.3) is 0 Å². The van der Waals surface area contributed by atoms with E-state index in [4.69, 9.17) is 11.6 Å². The van der Waals surface area contributed by atoms with Gasteiger partial charge in [-0.2, -0.15) is 5.10 Å². The molecule has 1 aromatic heterocycles. The van der Waals surface area contributed by atoms with Crippen LogP contribution in [0.2, 0.25) is 5.15 Å². The lowest BCUT2D eigenvalue weighted by Gasteiger charge is -2.23. The lowest BCUT2D eigenvalue weighted by atomic mass is 9.87. The Balaban J connectivity index is 2.49. The minimum absolute atomic E-state index is 0.100. The number of aromatic nitrogens is 2. The molecule has 1 fully saturated rings. The van der Waals surface area contributed by atoms with Gasteiger partial charge in [-0.25, -0.2) is 9.48 Å². The first-order valence-corrected chi connectivity index (χ1v) is 7.22. The van der Waals surface area contributed by atoms with E-state index in [1.54, 1.807) is 4.68 Å². The Kier molecular flexibility index (Phi) is 3.90. The van der Waals surface area contributed by atoms with Crippen molar-refractivity contribution in [3.05, 3.63) is 16.4 Å². The molecule has 1 heterocycles. The summed E-state index contributed by atoms with van der Waals surface area (Å²) < 4.78 is 1.74. The van der Waals surface area contributed by atoms with Crippen molar-refractivity contribution >= 4 is 17.6 Å². The van der Waals surface area contributed by atoms with Gasteiger partial charge in [0.05, 0.1) is 6.04 Å². The molecular formula is C14H21ClN2O2. The van der Waals surface area contributed by atoms with E-state index in [-0.39, 0.29) is 17.2 Å². The van der Waals surface area contributed by atoms with E-state index in [0.29, 0.717) is 10.7 Å². The predicted molar refractivity (Wildman–Crippen MR) is 75.0 cm³/mol. The van der Waals surface area contributed by atoms with Crippen molar-refractivity contribution in [1.82, 2.24) is 9.78 Å². The van der Waals surface area contributed by atoms with Crippen LogP contribution < -0.4 is 0 Å². The summed E-state index contributed by atoms with van der Waals surface area (Å²) in [4.78, 5) is 11.4. The van der Waals surface area contributed by atoms with Gasteiger partial charge >= 0.3 is 5.97 Å². The lowest BCUT2D eigenvalue weighted by molar-refractivity contribution is 0.0686. The fourth-order valence-corrected chi connectivity index (χ4v) is 3.34. The smallest absolute Gasteiger partial charge is 0.356 e. The quantitative estimate of drug-likeness (QED) is 0.892. The molecule has 2 rings (SSSR count). The first-order chi connectivity index (χ1) is 8.82. The molecule has 0 unspecified atom stereocenters. The van der Waals surface area contributed by atoms with E-state index in [1.165, 1.54) is 6.42 Å². The van der Waals surface area contributed by atoms with Crippen molar-refractivity contribution in [2.75, 3.05) is 0 Å². The van der Waals surface area contributed by atoms with Crippen LogP contribution in [-0.4, -0.2) is 20.9 Å². The average molecular weight is 285 g/mol. The summed E-state index contributed by atoms with van der Waals surface area (Å²) in [5, 5.41) is 14.1. The Morgan fingerprint density at radius 2 is 1.89 bits per heavy atom. The Morgan fingerprint density at radius 1 is 1.32 bits per heavy atom. The van der Waals surface area contributed by atoms with Gasteiger partial charge in [0.25, 0.3) is 0 Å². The second kappa shape index (κ2) is 5.16. The van der Waals surface area contributed by atoms with Gasteiger partial charge < -0.3 is 5.11 Å². The van der Waals surface area contributed by atoms with Gasteiger partial charge in [0.2, 0.25) is 0 Å². The third-order valence-electron chi connectivity index (χ3n) is 3.73. The first-order valence-electron chi connectivity index (χ1n) is 6.84. The summed E-state index contributed by atoms with van der Waals surface area (Å²) in [6.07, 6.45) is 5.63. The molecule has 0 amide bonds. The Hall–Kier alpha value is -1.03. The monoisotopic (exact) mass is 284 g/mol. The highest BCUT2D eigenvalue weighted by Crippen LogP contribution is 2.37. The van der Waals surface area contributed by atoms with E-state index in [1.807, 2.05) is 20.8 Å². The molecule has 0 radical (unpaired) electrons. The molecule has 1 N–H and O–H groups in total. The fourth-order valence-electron chi connectivity index (χ4n) is 2.80. The van der Waals surface area contributed by atoms with Gasteiger partial charge in [0, 0.05) is 5.56 Å². The van der Waals surface area contributed by atoms with Crippen LogP contribution in [0.5, 0.6) is 0 Å². The van der Waals surface area contributed by atoms with Crippen molar-refractivity contribution in [1.29, 1.82) is 0 Å². The fraction of sp³-hybridized carbons (Fsp3) is 0.714. The largest absolute Gasteiger partial charge is 0.476 e. The molecule has 1 aromatic rings. The van der Waals surface area contributed by atoms with Crippen molar-refractivity contribution in [3.8, 4) is 0 Å². The van der Waals surface area contributed by atoms with Gasteiger partial charge in [-0.15, -0.1) is 0 Å². The Bertz CT molecular complexity index is 482. The predicted octanol–water partition coefficient (Wildman–Crippen LogP) is 4.04. The molecular weight excluding hydrogens is 264 g/mol. The molecule has 0 bridgehead atoms. The minimum Gasteiger partial charge on any atom is -0.476 e. The summed E-state index contributed by atoms with van der Waals surface area (Å²) in [5.41, 5.74) is 0.424. The third kappa shape index (κ3) is 2.78. The molecule has 0 aliphatic heterocycles. The van der Waals surface area contributed by atoms with E-state index in [0.717, 1.165) is 25.7 Å². The summed E-state index contributed by atoms with van der Waals surface area (Å²) in [6, 6.07) is 0.246. The summed E-state index contributed by atoms with van der Waals surface area (Å²) in [5.74, 6) is -0.999. The maximum Gasteiger partial charge on any atom is 0.356 e. The molecule has 1 aliphatic rings. The number of carbonyl (C=O) groups is 1. The molecule has 1 saturated carbocycles. The van der Waals surface area contributed by atoms with Crippen LogP contribution in [0.1, 0.15) is 75.0 Å². The number of nitrogens with zero attached hydrogens (tertiary/aromatic N) is 2. The normalized spacial score (nSPS) is 17.7. The van der Waals surface area contributed by atoms with Crippen molar-refractivity contribution in [2.24, 2.45) is 0 Å². The Labute approximate surface area is 118 Å². The van der Waals surface area contributed by atoms with Gasteiger partial charge in [-0.05, 0) is 18.3 Å². The van der Waals surface area contributed by atoms with E-state index in [2.05, 4.69) is 5.10 Å². The third-order valence-corrected chi connectivity index (χ3v) is 4.09. The minimum atomic E-state index is -0.999. The van der Waals surface area contributed by atoms with Crippen LogP contribution >= 0.6 is 11.6 Å². The zero-order valence-corrected chi connectivity index (χ0v) is 12.5. The second-order valence-corrected chi connectivity index (χ2v) is 6.66. The molecule has 0 atom stereocenters. The lowest BCUT2D eigenvalue weighted by Crippen LogP contribution is -2.16. The standard InChI is InChI=1S/C14H21ClN2O2/c1-14(2,3)10-11(13(18)19)16-17(12(10)15)9-7-5-4-6-8-9/h9H,4-8H2,1-3H3,(H,18,19). The van der Waals surface area contributed by atoms with Gasteiger partial charge in [0.15, 0.2) is 5.69 Å². The zero-order valence-electron chi connectivity index (χ0n) is 11.7. The highest BCUT2D eigenvalue weighted by molar-refractivity contribution is 6.31. The first kappa shape index (κ1) is 14.4. The van der Waals surface area contributed by atoms with Crippen LogP contribution in [0.4, 0.5) is 0 Å². The molecule has 0 spiro atoms. The number of halogens is 1. The van der Waals surface area contributed by atoms with E-state index >= 15 is 0 Å². The SMILES string of the molecule is CC(C)(C)c1c(C(=O)O)nn(C2CCCCC2)c1Cl. The van der Waals surface area contributed by atoms with Crippen LogP contribution in [0.15, 0.2) is 0 Å². The number of aromatic carboxylic acids is 1. The number of rotatable bonds is 2. The number of carboxylic acid groups (broad SMARTS) is 1. The van der Waals surface area contributed by atoms with Gasteiger partial charge in [0.1, 0.15) is 5.15 Å². The number of carboxylic acids is 1. The highest BCUT2D eigenvalue weighted by Gasteiger charge is 2.32. The van der Waals surface area contributed by atoms with Crippen molar-refractivity contribution in [2.45, 2.75) is 64.3 Å². The summed E-state index contributed by atoms with van der Waals surface area (Å²) >= 11 is 6.43. The molecule has 106 valence electrons. The van der Waals surface area contributed by atoms with Crippen LogP contribution in [0.3, 0.4) is 0 Å². The molecule has 19 heavy (non-hydrogen) atoms. The maximum absolute atomic E-state index is 11.4. The maximum atomic E-state index is 11.4. The van der Waals surface area contributed by atoms with E-state index in [9.17, 15) is 9.90 Å². The average Bonchev–Trinajstić information content (AvgIpc) is 2.68. The molecule has 0 aromatic carbocycles. The van der Waals surface area contributed by atoms with Crippen molar-refractivity contribution in [3.63, 3.8) is 0 Å². The zero-order chi connectivity index (χ0) is 14.2. The molecule has 4 nitrogen and oxygen atoms in total. The summed E-state index contributed by atoms with van der Waals surface area (Å²) in [6.45, 7) is 5.90. The number of hydrogen-bond acceptors (Lipinski definition) is 2. The topological polar surface area (TPSA) is 55.1 Å².